The van der Waals surface area contributed by atoms with E-state index in [-0.39, 0.29) is 18.8 Å². The number of aliphatic hydroxyl groups is 1. The summed E-state index contributed by atoms with van der Waals surface area (Å²) in [7, 11) is 0. The first-order valence-electron chi connectivity index (χ1n) is 8.48. The predicted molar refractivity (Wildman–Crippen MR) is 88.2 cm³/mol. The van der Waals surface area contributed by atoms with Gasteiger partial charge in [0.15, 0.2) is 0 Å². The van der Waals surface area contributed by atoms with Gasteiger partial charge in [-0.3, -0.25) is 9.88 Å². The molecule has 2 aromatic rings. The van der Waals surface area contributed by atoms with Crippen LogP contribution in [0.1, 0.15) is 38.1 Å². The Morgan fingerprint density at radius 3 is 2.96 bits per heavy atom. The Bertz CT molecular complexity index is 611. The third-order valence-corrected chi connectivity index (χ3v) is 4.40. The lowest BCUT2D eigenvalue weighted by molar-refractivity contribution is -0.00786. The SMILES string of the molecule is CC(c1nc(-c2cccnc2)no1)N1CCC(OCCCO)CC1. The highest BCUT2D eigenvalue weighted by atomic mass is 16.5. The quantitative estimate of drug-likeness (QED) is 0.777. The summed E-state index contributed by atoms with van der Waals surface area (Å²) in [4.78, 5) is 10.9. The zero-order valence-electron chi connectivity index (χ0n) is 14.0. The molecule has 1 aliphatic rings. The first kappa shape index (κ1) is 17.0. The highest BCUT2D eigenvalue weighted by molar-refractivity contribution is 5.51. The molecule has 1 aliphatic heterocycles. The first-order valence-corrected chi connectivity index (χ1v) is 8.48. The minimum absolute atomic E-state index is 0.0845. The molecule has 2 aromatic heterocycles. The van der Waals surface area contributed by atoms with E-state index in [2.05, 4.69) is 26.9 Å². The molecule has 7 heteroatoms. The van der Waals surface area contributed by atoms with E-state index >= 15 is 0 Å². The Labute approximate surface area is 141 Å². The number of aromatic nitrogens is 3. The lowest BCUT2D eigenvalue weighted by atomic mass is 10.1. The van der Waals surface area contributed by atoms with Crippen LogP contribution in [-0.4, -0.2) is 57.5 Å². The van der Waals surface area contributed by atoms with Crippen LogP contribution >= 0.6 is 0 Å². The fourth-order valence-electron chi connectivity index (χ4n) is 2.92. The lowest BCUT2D eigenvalue weighted by Gasteiger charge is -2.34. The van der Waals surface area contributed by atoms with Crippen LogP contribution < -0.4 is 0 Å². The van der Waals surface area contributed by atoms with Crippen LogP contribution in [-0.2, 0) is 4.74 Å². The van der Waals surface area contributed by atoms with Gasteiger partial charge in [0.1, 0.15) is 0 Å². The third-order valence-electron chi connectivity index (χ3n) is 4.40. The molecule has 1 saturated heterocycles. The van der Waals surface area contributed by atoms with Crippen molar-refractivity contribution in [2.75, 3.05) is 26.3 Å². The molecule has 0 spiro atoms. The largest absolute Gasteiger partial charge is 0.396 e. The van der Waals surface area contributed by atoms with Gasteiger partial charge in [-0.05, 0) is 38.3 Å². The Morgan fingerprint density at radius 2 is 2.25 bits per heavy atom. The molecule has 0 radical (unpaired) electrons. The molecule has 0 aliphatic carbocycles. The topological polar surface area (TPSA) is 84.5 Å². The zero-order chi connectivity index (χ0) is 16.8. The molecule has 130 valence electrons. The second-order valence-electron chi connectivity index (χ2n) is 6.06. The number of hydrogen-bond donors (Lipinski definition) is 1. The van der Waals surface area contributed by atoms with Gasteiger partial charge < -0.3 is 14.4 Å². The minimum atomic E-state index is 0.0845. The van der Waals surface area contributed by atoms with Crippen molar-refractivity contribution in [2.45, 2.75) is 38.3 Å². The van der Waals surface area contributed by atoms with E-state index in [1.54, 1.807) is 12.4 Å². The van der Waals surface area contributed by atoms with Gasteiger partial charge in [-0.1, -0.05) is 5.16 Å². The highest BCUT2D eigenvalue weighted by Gasteiger charge is 2.27. The van der Waals surface area contributed by atoms with Gasteiger partial charge >= 0.3 is 0 Å². The molecule has 24 heavy (non-hydrogen) atoms. The molecular weight excluding hydrogens is 308 g/mol. The number of ether oxygens (including phenoxy) is 1. The average Bonchev–Trinajstić information content (AvgIpc) is 3.13. The number of piperidine rings is 1. The van der Waals surface area contributed by atoms with E-state index in [1.165, 1.54) is 0 Å². The Kier molecular flexibility index (Phi) is 5.90. The second-order valence-corrected chi connectivity index (χ2v) is 6.06. The molecule has 0 amide bonds. The lowest BCUT2D eigenvalue weighted by Crippen LogP contribution is -2.38. The van der Waals surface area contributed by atoms with Crippen LogP contribution in [0.2, 0.25) is 0 Å². The summed E-state index contributed by atoms with van der Waals surface area (Å²) >= 11 is 0. The first-order chi connectivity index (χ1) is 11.8. The normalized spacial score (nSPS) is 17.9. The molecule has 0 saturated carbocycles. The van der Waals surface area contributed by atoms with E-state index in [1.807, 2.05) is 12.1 Å². The summed E-state index contributed by atoms with van der Waals surface area (Å²) in [6, 6.07) is 3.86. The minimum Gasteiger partial charge on any atom is -0.396 e. The number of pyridine rings is 1. The van der Waals surface area contributed by atoms with Crippen molar-refractivity contribution in [3.05, 3.63) is 30.4 Å². The fraction of sp³-hybridized carbons (Fsp3) is 0.588. The highest BCUT2D eigenvalue weighted by Crippen LogP contribution is 2.25. The summed E-state index contributed by atoms with van der Waals surface area (Å²) in [6.07, 6.45) is 6.41. The Hall–Kier alpha value is -1.83. The van der Waals surface area contributed by atoms with Crippen LogP contribution in [0, 0.1) is 0 Å². The van der Waals surface area contributed by atoms with Gasteiger partial charge in [0, 0.05) is 44.3 Å². The number of likely N-dealkylation sites (tertiary alicyclic amines) is 1. The second kappa shape index (κ2) is 8.32. The van der Waals surface area contributed by atoms with Crippen LogP contribution in [0.5, 0.6) is 0 Å². The van der Waals surface area contributed by atoms with Gasteiger partial charge in [-0.15, -0.1) is 0 Å². The van der Waals surface area contributed by atoms with Crippen LogP contribution in [0.15, 0.2) is 29.0 Å². The summed E-state index contributed by atoms with van der Waals surface area (Å²) in [6.45, 7) is 4.79. The molecule has 1 unspecified atom stereocenters. The van der Waals surface area contributed by atoms with E-state index in [9.17, 15) is 0 Å². The number of rotatable bonds is 7. The van der Waals surface area contributed by atoms with E-state index in [0.717, 1.165) is 31.5 Å². The zero-order valence-corrected chi connectivity index (χ0v) is 14.0. The van der Waals surface area contributed by atoms with Crippen molar-refractivity contribution in [2.24, 2.45) is 0 Å². The van der Waals surface area contributed by atoms with Gasteiger partial charge in [-0.2, -0.15) is 4.98 Å². The van der Waals surface area contributed by atoms with Gasteiger partial charge in [-0.25, -0.2) is 0 Å². The molecule has 1 fully saturated rings. The monoisotopic (exact) mass is 332 g/mol. The number of nitrogens with zero attached hydrogens (tertiary/aromatic N) is 4. The molecule has 1 atom stereocenters. The Morgan fingerprint density at radius 1 is 1.42 bits per heavy atom. The molecule has 7 nitrogen and oxygen atoms in total. The fourth-order valence-corrected chi connectivity index (χ4v) is 2.92. The van der Waals surface area contributed by atoms with Gasteiger partial charge in [0.2, 0.25) is 11.7 Å². The molecular formula is C17H24N4O3. The molecule has 3 heterocycles. The summed E-state index contributed by atoms with van der Waals surface area (Å²) < 4.78 is 11.2. The van der Waals surface area contributed by atoms with Crippen molar-refractivity contribution in [3.8, 4) is 11.4 Å². The van der Waals surface area contributed by atoms with E-state index in [4.69, 9.17) is 14.4 Å². The summed E-state index contributed by atoms with van der Waals surface area (Å²) in [5.41, 5.74) is 0.857. The van der Waals surface area contributed by atoms with Gasteiger partial charge in [0.05, 0.1) is 12.1 Å². The third kappa shape index (κ3) is 4.17. The summed E-state index contributed by atoms with van der Waals surface area (Å²) in [5.74, 6) is 1.21. The van der Waals surface area contributed by atoms with Crippen molar-refractivity contribution in [1.29, 1.82) is 0 Å². The smallest absolute Gasteiger partial charge is 0.244 e. The van der Waals surface area contributed by atoms with Crippen molar-refractivity contribution >= 4 is 0 Å². The van der Waals surface area contributed by atoms with Crippen molar-refractivity contribution < 1.29 is 14.4 Å². The van der Waals surface area contributed by atoms with Crippen LogP contribution in [0.3, 0.4) is 0 Å². The van der Waals surface area contributed by atoms with Crippen LogP contribution in [0.4, 0.5) is 0 Å². The van der Waals surface area contributed by atoms with Gasteiger partial charge in [0.25, 0.3) is 0 Å². The van der Waals surface area contributed by atoms with Crippen LogP contribution in [0.25, 0.3) is 11.4 Å². The predicted octanol–water partition coefficient (Wildman–Crippen LogP) is 2.06. The van der Waals surface area contributed by atoms with E-state index in [0.29, 0.717) is 24.7 Å². The average molecular weight is 332 g/mol. The van der Waals surface area contributed by atoms with E-state index < -0.39 is 0 Å². The standard InChI is InChI=1S/C17H24N4O3/c1-13(21-8-5-15(6-9-21)23-11-3-10-22)17-19-16(20-24-17)14-4-2-7-18-12-14/h2,4,7,12-13,15,22H,3,5-6,8-11H2,1H3. The molecule has 3 rings (SSSR count). The molecule has 0 bridgehead atoms. The molecule has 1 N–H and O–H groups in total. The maximum atomic E-state index is 8.81. The van der Waals surface area contributed by atoms with Crippen molar-refractivity contribution in [3.63, 3.8) is 0 Å². The number of aliphatic hydroxyl groups excluding tert-OH is 1. The summed E-state index contributed by atoms with van der Waals surface area (Å²) in [5, 5.41) is 12.9. The maximum absolute atomic E-state index is 8.81. The molecule has 0 aromatic carbocycles. The Balaban J connectivity index is 1.54. The van der Waals surface area contributed by atoms with Crippen molar-refractivity contribution in [1.82, 2.24) is 20.0 Å². The maximum Gasteiger partial charge on any atom is 0.244 e. The number of hydrogen-bond acceptors (Lipinski definition) is 7.